The van der Waals surface area contributed by atoms with Crippen molar-refractivity contribution < 1.29 is 9.47 Å². The second kappa shape index (κ2) is 3.83. The molecule has 80 valence electrons. The summed E-state index contributed by atoms with van der Waals surface area (Å²) in [6.45, 7) is 0.317. The van der Waals surface area contributed by atoms with Gasteiger partial charge in [0.1, 0.15) is 0 Å². The van der Waals surface area contributed by atoms with Crippen LogP contribution in [-0.4, -0.2) is 6.79 Å². The summed E-state index contributed by atoms with van der Waals surface area (Å²) in [5, 5.41) is 0. The van der Waals surface area contributed by atoms with Gasteiger partial charge in [-0.1, -0.05) is 34.1 Å². The van der Waals surface area contributed by atoms with E-state index in [9.17, 15) is 0 Å². The predicted octanol–water partition coefficient (Wildman–Crippen LogP) is 3.84. The Hall–Kier alpha value is -1.48. The summed E-state index contributed by atoms with van der Waals surface area (Å²) >= 11 is 3.47. The lowest BCUT2D eigenvalue weighted by molar-refractivity contribution is 0.174. The Bertz CT molecular complexity index is 537. The second-order valence-electron chi connectivity index (χ2n) is 3.58. The molecule has 0 bridgehead atoms. The molecule has 0 saturated carbocycles. The van der Waals surface area contributed by atoms with E-state index < -0.39 is 0 Å². The maximum absolute atomic E-state index is 5.36. The van der Waals surface area contributed by atoms with Crippen LogP contribution in [0.5, 0.6) is 11.5 Å². The largest absolute Gasteiger partial charge is 0.454 e. The van der Waals surface area contributed by atoms with Crippen molar-refractivity contribution in [3.8, 4) is 22.6 Å². The van der Waals surface area contributed by atoms with Gasteiger partial charge in [0.2, 0.25) is 6.79 Å². The molecule has 0 saturated heterocycles. The minimum Gasteiger partial charge on any atom is -0.454 e. The summed E-state index contributed by atoms with van der Waals surface area (Å²) < 4.78 is 11.7. The van der Waals surface area contributed by atoms with Crippen molar-refractivity contribution in [1.82, 2.24) is 0 Å². The first-order valence-electron chi connectivity index (χ1n) is 4.98. The van der Waals surface area contributed by atoms with Gasteiger partial charge in [0.15, 0.2) is 11.5 Å². The number of ether oxygens (including phenoxy) is 2. The number of rotatable bonds is 1. The SMILES string of the molecule is Brc1cccc(-c2ccc3c(c2)OCO3)c1. The van der Waals surface area contributed by atoms with Crippen LogP contribution in [0.3, 0.4) is 0 Å². The van der Waals surface area contributed by atoms with Crippen LogP contribution >= 0.6 is 15.9 Å². The van der Waals surface area contributed by atoms with Crippen molar-refractivity contribution in [1.29, 1.82) is 0 Å². The first-order chi connectivity index (χ1) is 7.83. The van der Waals surface area contributed by atoms with E-state index in [1.807, 2.05) is 30.3 Å². The molecule has 0 aromatic heterocycles. The lowest BCUT2D eigenvalue weighted by Gasteiger charge is -2.03. The van der Waals surface area contributed by atoms with Crippen LogP contribution < -0.4 is 9.47 Å². The molecule has 2 aromatic rings. The van der Waals surface area contributed by atoms with E-state index in [2.05, 4.69) is 28.1 Å². The average Bonchev–Trinajstić information content (AvgIpc) is 2.75. The first kappa shape index (κ1) is 9.73. The van der Waals surface area contributed by atoms with Gasteiger partial charge in [0, 0.05) is 4.47 Å². The lowest BCUT2D eigenvalue weighted by Crippen LogP contribution is -1.92. The Morgan fingerprint density at radius 3 is 2.56 bits per heavy atom. The molecule has 0 N–H and O–H groups in total. The van der Waals surface area contributed by atoms with Gasteiger partial charge in [0.05, 0.1) is 0 Å². The molecule has 1 aliphatic rings. The number of benzene rings is 2. The van der Waals surface area contributed by atoms with Gasteiger partial charge >= 0.3 is 0 Å². The van der Waals surface area contributed by atoms with E-state index >= 15 is 0 Å². The van der Waals surface area contributed by atoms with Gasteiger partial charge < -0.3 is 9.47 Å². The van der Waals surface area contributed by atoms with Crippen LogP contribution in [0.4, 0.5) is 0 Å². The summed E-state index contributed by atoms with van der Waals surface area (Å²) in [6, 6.07) is 14.2. The Morgan fingerprint density at radius 2 is 1.69 bits per heavy atom. The molecule has 2 nitrogen and oxygen atoms in total. The number of hydrogen-bond acceptors (Lipinski definition) is 2. The van der Waals surface area contributed by atoms with Crippen LogP contribution in [0.25, 0.3) is 11.1 Å². The lowest BCUT2D eigenvalue weighted by atomic mass is 10.1. The summed E-state index contributed by atoms with van der Waals surface area (Å²) in [7, 11) is 0. The monoisotopic (exact) mass is 276 g/mol. The Morgan fingerprint density at radius 1 is 0.875 bits per heavy atom. The van der Waals surface area contributed by atoms with Gasteiger partial charge in [0.25, 0.3) is 0 Å². The standard InChI is InChI=1S/C13H9BrO2/c14-11-3-1-2-9(6-11)10-4-5-12-13(7-10)16-8-15-12/h1-7H,8H2. The topological polar surface area (TPSA) is 18.5 Å². The third-order valence-electron chi connectivity index (χ3n) is 2.53. The van der Waals surface area contributed by atoms with Crippen molar-refractivity contribution in [2.75, 3.05) is 6.79 Å². The minimum atomic E-state index is 0.317. The van der Waals surface area contributed by atoms with Gasteiger partial charge in [-0.15, -0.1) is 0 Å². The fourth-order valence-electron chi connectivity index (χ4n) is 1.74. The molecule has 1 aliphatic heterocycles. The molecule has 3 heteroatoms. The van der Waals surface area contributed by atoms with E-state index in [0.29, 0.717) is 6.79 Å². The van der Waals surface area contributed by atoms with Crippen LogP contribution in [0.2, 0.25) is 0 Å². The van der Waals surface area contributed by atoms with E-state index in [1.54, 1.807) is 0 Å². The Labute approximate surface area is 102 Å². The predicted molar refractivity (Wildman–Crippen MR) is 65.7 cm³/mol. The van der Waals surface area contributed by atoms with Gasteiger partial charge in [-0.25, -0.2) is 0 Å². The fraction of sp³-hybridized carbons (Fsp3) is 0.0769. The highest BCUT2D eigenvalue weighted by Crippen LogP contribution is 2.36. The van der Waals surface area contributed by atoms with Crippen molar-refractivity contribution in [3.05, 3.63) is 46.9 Å². The van der Waals surface area contributed by atoms with Gasteiger partial charge in [-0.05, 0) is 35.4 Å². The number of halogens is 1. The smallest absolute Gasteiger partial charge is 0.231 e. The van der Waals surface area contributed by atoms with Crippen molar-refractivity contribution in [3.63, 3.8) is 0 Å². The molecule has 16 heavy (non-hydrogen) atoms. The molecule has 3 rings (SSSR count). The maximum atomic E-state index is 5.36. The molecular formula is C13H9BrO2. The fourth-order valence-corrected chi connectivity index (χ4v) is 2.14. The average molecular weight is 277 g/mol. The molecule has 0 spiro atoms. The number of hydrogen-bond donors (Lipinski definition) is 0. The number of fused-ring (bicyclic) bond motifs is 1. The van der Waals surface area contributed by atoms with Crippen molar-refractivity contribution in [2.45, 2.75) is 0 Å². The van der Waals surface area contributed by atoms with Crippen molar-refractivity contribution >= 4 is 15.9 Å². The summed E-state index contributed by atoms with van der Waals surface area (Å²) in [5.74, 6) is 1.64. The van der Waals surface area contributed by atoms with E-state index in [4.69, 9.17) is 9.47 Å². The zero-order valence-corrected chi connectivity index (χ0v) is 10.0. The van der Waals surface area contributed by atoms with Gasteiger partial charge in [-0.3, -0.25) is 0 Å². The van der Waals surface area contributed by atoms with Gasteiger partial charge in [-0.2, -0.15) is 0 Å². The second-order valence-corrected chi connectivity index (χ2v) is 4.49. The highest BCUT2D eigenvalue weighted by molar-refractivity contribution is 9.10. The molecule has 2 aromatic carbocycles. The summed E-state index contributed by atoms with van der Waals surface area (Å²) in [5.41, 5.74) is 2.29. The third kappa shape index (κ3) is 1.67. The molecule has 0 atom stereocenters. The van der Waals surface area contributed by atoms with Crippen LogP contribution in [0.15, 0.2) is 46.9 Å². The molecule has 1 heterocycles. The van der Waals surface area contributed by atoms with Crippen LogP contribution in [-0.2, 0) is 0 Å². The quantitative estimate of drug-likeness (QED) is 0.788. The molecule has 0 aliphatic carbocycles. The zero-order valence-electron chi connectivity index (χ0n) is 8.44. The summed E-state index contributed by atoms with van der Waals surface area (Å²) in [4.78, 5) is 0. The van der Waals surface area contributed by atoms with E-state index in [0.717, 1.165) is 27.1 Å². The Balaban J connectivity index is 2.07. The van der Waals surface area contributed by atoms with Crippen LogP contribution in [0, 0.1) is 0 Å². The normalized spacial score (nSPS) is 12.8. The highest BCUT2D eigenvalue weighted by Gasteiger charge is 2.13. The zero-order chi connectivity index (χ0) is 11.0. The molecule has 0 fully saturated rings. The third-order valence-corrected chi connectivity index (χ3v) is 3.02. The summed E-state index contributed by atoms with van der Waals surface area (Å²) in [6.07, 6.45) is 0. The first-order valence-corrected chi connectivity index (χ1v) is 5.78. The Kier molecular flexibility index (Phi) is 2.33. The van der Waals surface area contributed by atoms with Crippen LogP contribution in [0.1, 0.15) is 0 Å². The molecule has 0 radical (unpaired) electrons. The van der Waals surface area contributed by atoms with E-state index in [1.165, 1.54) is 0 Å². The molecule has 0 unspecified atom stereocenters. The minimum absolute atomic E-state index is 0.317. The van der Waals surface area contributed by atoms with Crippen molar-refractivity contribution in [2.24, 2.45) is 0 Å². The van der Waals surface area contributed by atoms with E-state index in [-0.39, 0.29) is 0 Å². The highest BCUT2D eigenvalue weighted by atomic mass is 79.9. The maximum Gasteiger partial charge on any atom is 0.231 e. The molecular weight excluding hydrogens is 268 g/mol. The molecule has 0 amide bonds.